The van der Waals surface area contributed by atoms with Gasteiger partial charge in [0.25, 0.3) is 5.56 Å². The number of hydrogen-bond donors (Lipinski definition) is 2. The molecule has 0 saturated carbocycles. The summed E-state index contributed by atoms with van der Waals surface area (Å²) >= 11 is 5.97. The molecule has 9 heteroatoms. The van der Waals surface area contributed by atoms with Gasteiger partial charge in [-0.1, -0.05) is 23.7 Å². The summed E-state index contributed by atoms with van der Waals surface area (Å²) in [6, 6.07) is 14.7. The lowest BCUT2D eigenvalue weighted by molar-refractivity contribution is -0.135. The van der Waals surface area contributed by atoms with Crippen LogP contribution in [0.1, 0.15) is 23.5 Å². The molecule has 3 aromatic carbocycles. The van der Waals surface area contributed by atoms with Crippen LogP contribution in [-0.2, 0) is 4.79 Å². The number of benzene rings is 3. The highest BCUT2D eigenvalue weighted by atomic mass is 35.5. The maximum absolute atomic E-state index is 13.5. The van der Waals surface area contributed by atoms with Crippen LogP contribution in [0.2, 0.25) is 5.02 Å². The van der Waals surface area contributed by atoms with Crippen LogP contribution in [0.25, 0.3) is 33.0 Å². The monoisotopic (exact) mass is 515 g/mol. The molecule has 2 aromatic heterocycles. The smallest absolute Gasteiger partial charge is 0.312 e. The summed E-state index contributed by atoms with van der Waals surface area (Å²) in [5, 5.41) is 11.9. The summed E-state index contributed by atoms with van der Waals surface area (Å²) in [7, 11) is 1.54. The fourth-order valence-corrected chi connectivity index (χ4v) is 4.94. The minimum Gasteiger partial charge on any atom is -0.507 e. The minimum atomic E-state index is -0.789. The van der Waals surface area contributed by atoms with Gasteiger partial charge in [0.15, 0.2) is 0 Å². The first kappa shape index (κ1) is 22.9. The number of rotatable bonds is 3. The van der Waals surface area contributed by atoms with E-state index in [4.69, 9.17) is 25.5 Å². The summed E-state index contributed by atoms with van der Waals surface area (Å²) in [5.74, 6) is -1.14. The second kappa shape index (κ2) is 8.53. The summed E-state index contributed by atoms with van der Waals surface area (Å²) in [5.41, 5.74) is 1.17. The Morgan fingerprint density at radius 1 is 1.05 bits per heavy atom. The van der Waals surface area contributed by atoms with Crippen LogP contribution in [0, 0.1) is 0 Å². The number of methoxy groups -OCH3 is 1. The van der Waals surface area contributed by atoms with Gasteiger partial charge in [0, 0.05) is 39.0 Å². The predicted molar refractivity (Wildman–Crippen MR) is 138 cm³/mol. The number of H-pyrrole nitrogens is 1. The molecule has 0 radical (unpaired) electrons. The Labute approximate surface area is 213 Å². The van der Waals surface area contributed by atoms with Crippen molar-refractivity contribution in [2.75, 3.05) is 7.11 Å². The fourth-order valence-electron chi connectivity index (χ4n) is 4.81. The van der Waals surface area contributed by atoms with Crippen LogP contribution in [0.3, 0.4) is 0 Å². The van der Waals surface area contributed by atoms with Crippen molar-refractivity contribution in [1.29, 1.82) is 0 Å². The third-order valence-electron chi connectivity index (χ3n) is 6.58. The predicted octanol–water partition coefficient (Wildman–Crippen LogP) is 5.11. The average Bonchev–Trinajstić information content (AvgIpc) is 2.88. The van der Waals surface area contributed by atoms with Gasteiger partial charge in [0.2, 0.25) is 5.43 Å². The number of ether oxygens (including phenoxy) is 2. The number of aromatic hydroxyl groups is 1. The lowest BCUT2D eigenvalue weighted by Gasteiger charge is -2.25. The summed E-state index contributed by atoms with van der Waals surface area (Å²) < 4.78 is 16.6. The summed E-state index contributed by atoms with van der Waals surface area (Å²) in [6.45, 7) is 0. The van der Waals surface area contributed by atoms with Gasteiger partial charge in [-0.25, -0.2) is 0 Å². The van der Waals surface area contributed by atoms with Crippen molar-refractivity contribution in [3.05, 3.63) is 97.6 Å². The van der Waals surface area contributed by atoms with E-state index >= 15 is 0 Å². The molecular formula is C28H18ClNO7. The first-order valence-electron chi connectivity index (χ1n) is 11.3. The highest BCUT2D eigenvalue weighted by molar-refractivity contribution is 6.30. The molecule has 0 amide bonds. The highest BCUT2D eigenvalue weighted by Crippen LogP contribution is 2.45. The third-order valence-corrected chi connectivity index (χ3v) is 6.83. The van der Waals surface area contributed by atoms with Gasteiger partial charge >= 0.3 is 5.97 Å². The number of hydrogen-bond acceptors (Lipinski definition) is 7. The molecule has 0 aliphatic carbocycles. The highest BCUT2D eigenvalue weighted by Gasteiger charge is 2.35. The van der Waals surface area contributed by atoms with E-state index < -0.39 is 28.6 Å². The van der Waals surface area contributed by atoms with Crippen molar-refractivity contribution < 1.29 is 23.8 Å². The molecule has 6 rings (SSSR count). The van der Waals surface area contributed by atoms with Crippen LogP contribution in [0.4, 0.5) is 0 Å². The van der Waals surface area contributed by atoms with E-state index in [0.29, 0.717) is 32.8 Å². The molecule has 0 saturated heterocycles. The molecule has 184 valence electrons. The SMILES string of the molecule is COc1ccc2[nH]c(=O)c([C@@H]3CC(=O)Oc4cc(O)c5c(=O)c(-c6ccc(Cl)cc6)coc5c43)cc2c1. The van der Waals surface area contributed by atoms with Gasteiger partial charge in [-0.05, 0) is 42.0 Å². The number of phenols is 1. The number of fused-ring (bicyclic) bond motifs is 4. The molecule has 1 aliphatic heterocycles. The number of phenolic OH excluding ortho intramolecular Hbond substituents is 1. The zero-order valence-electron chi connectivity index (χ0n) is 19.3. The Kier molecular flexibility index (Phi) is 5.27. The quantitative estimate of drug-likeness (QED) is 0.253. The first-order chi connectivity index (χ1) is 17.8. The molecule has 0 spiro atoms. The van der Waals surface area contributed by atoms with Crippen molar-refractivity contribution >= 4 is 39.4 Å². The zero-order chi connectivity index (χ0) is 25.8. The van der Waals surface area contributed by atoms with Gasteiger partial charge in [-0.3, -0.25) is 14.4 Å². The number of aromatic amines is 1. The Morgan fingerprint density at radius 3 is 2.59 bits per heavy atom. The van der Waals surface area contributed by atoms with E-state index in [1.807, 2.05) is 0 Å². The molecule has 5 aromatic rings. The van der Waals surface area contributed by atoms with Crippen LogP contribution >= 0.6 is 11.6 Å². The van der Waals surface area contributed by atoms with E-state index in [0.717, 1.165) is 0 Å². The average molecular weight is 516 g/mol. The molecule has 0 bridgehead atoms. The van der Waals surface area contributed by atoms with Crippen molar-refractivity contribution in [3.8, 4) is 28.4 Å². The number of nitrogens with one attached hydrogen (secondary N) is 1. The summed E-state index contributed by atoms with van der Waals surface area (Å²) in [4.78, 5) is 42.0. The molecule has 8 nitrogen and oxygen atoms in total. The molecule has 2 N–H and O–H groups in total. The standard InChI is InChI=1S/C28H18ClNO7/c1-35-16-6-7-20-14(8-16)9-18(28(34)30-20)17-10-23(32)37-22-11-21(31)25-26(33)19(12-36-27(25)24(17)22)13-2-4-15(29)5-3-13/h2-9,11-12,17,31H,10H2,1H3,(H,30,34)/t17-/m0/s1. The second-order valence-electron chi connectivity index (χ2n) is 8.73. The number of pyridine rings is 1. The minimum absolute atomic E-state index is 0.0267. The maximum atomic E-state index is 13.5. The number of esters is 1. The van der Waals surface area contributed by atoms with E-state index in [2.05, 4.69) is 4.98 Å². The van der Waals surface area contributed by atoms with Gasteiger partial charge in [0.1, 0.15) is 34.5 Å². The van der Waals surface area contributed by atoms with Gasteiger partial charge in [-0.15, -0.1) is 0 Å². The molecular weight excluding hydrogens is 498 g/mol. The Hall–Kier alpha value is -4.56. The second-order valence-corrected chi connectivity index (χ2v) is 9.17. The molecule has 3 heterocycles. The van der Waals surface area contributed by atoms with Crippen molar-refractivity contribution in [2.45, 2.75) is 12.3 Å². The van der Waals surface area contributed by atoms with Crippen molar-refractivity contribution in [3.63, 3.8) is 0 Å². The van der Waals surface area contributed by atoms with Gasteiger partial charge < -0.3 is 24.0 Å². The van der Waals surface area contributed by atoms with E-state index in [1.54, 1.807) is 55.6 Å². The van der Waals surface area contributed by atoms with E-state index in [9.17, 15) is 19.5 Å². The Balaban J connectivity index is 1.61. The fraction of sp³-hybridized carbons (Fsp3) is 0.107. The topological polar surface area (TPSA) is 119 Å². The molecule has 0 fully saturated rings. The normalized spacial score (nSPS) is 15.0. The maximum Gasteiger partial charge on any atom is 0.312 e. The van der Waals surface area contributed by atoms with Crippen LogP contribution in [0.15, 0.2) is 74.9 Å². The molecule has 1 atom stereocenters. The van der Waals surface area contributed by atoms with Gasteiger partial charge in [-0.2, -0.15) is 0 Å². The Bertz CT molecular complexity index is 1850. The number of aromatic nitrogens is 1. The number of halogens is 1. The van der Waals surface area contributed by atoms with E-state index in [-0.39, 0.29) is 34.3 Å². The van der Waals surface area contributed by atoms with Crippen LogP contribution < -0.4 is 20.5 Å². The van der Waals surface area contributed by atoms with Crippen molar-refractivity contribution in [2.24, 2.45) is 0 Å². The molecule has 37 heavy (non-hydrogen) atoms. The lowest BCUT2D eigenvalue weighted by atomic mass is 9.85. The molecule has 0 unspecified atom stereocenters. The van der Waals surface area contributed by atoms with Crippen LogP contribution in [0.5, 0.6) is 17.2 Å². The lowest BCUT2D eigenvalue weighted by Crippen LogP contribution is -2.26. The summed E-state index contributed by atoms with van der Waals surface area (Å²) in [6.07, 6.45) is 1.13. The number of carbonyl (C=O) groups is 1. The number of carbonyl (C=O) groups excluding carboxylic acids is 1. The third kappa shape index (κ3) is 3.73. The van der Waals surface area contributed by atoms with Gasteiger partial charge in [0.05, 0.1) is 19.1 Å². The molecule has 1 aliphatic rings. The van der Waals surface area contributed by atoms with E-state index in [1.165, 1.54) is 12.3 Å². The first-order valence-corrected chi connectivity index (χ1v) is 11.7. The Morgan fingerprint density at radius 2 is 1.84 bits per heavy atom. The largest absolute Gasteiger partial charge is 0.507 e. The van der Waals surface area contributed by atoms with Crippen LogP contribution in [-0.4, -0.2) is 23.2 Å². The zero-order valence-corrected chi connectivity index (χ0v) is 20.1. The van der Waals surface area contributed by atoms with Crippen molar-refractivity contribution in [1.82, 2.24) is 4.98 Å².